The van der Waals surface area contributed by atoms with E-state index >= 15 is 0 Å². The molecule has 0 unspecified atom stereocenters. The van der Waals surface area contributed by atoms with Crippen molar-refractivity contribution >= 4 is 11.8 Å². The Balaban J connectivity index is 2.11. The largest absolute Gasteiger partial charge is 0.508 e. The molecule has 0 saturated heterocycles. The van der Waals surface area contributed by atoms with Gasteiger partial charge in [0.25, 0.3) is 0 Å². The zero-order chi connectivity index (χ0) is 14.5. The van der Waals surface area contributed by atoms with E-state index in [2.05, 4.69) is 20.0 Å². The Labute approximate surface area is 116 Å². The third kappa shape index (κ3) is 3.44. The summed E-state index contributed by atoms with van der Waals surface area (Å²) < 4.78 is 4.60. The Morgan fingerprint density at radius 3 is 2.65 bits per heavy atom. The zero-order valence-electron chi connectivity index (χ0n) is 11.3. The Bertz CT molecular complexity index is 612. The van der Waals surface area contributed by atoms with Crippen molar-refractivity contribution < 1.29 is 14.6 Å². The molecule has 0 aliphatic carbocycles. The molecule has 0 atom stereocenters. The number of aromatic nitrogens is 2. The van der Waals surface area contributed by atoms with E-state index in [0.717, 1.165) is 5.56 Å². The molecule has 2 rings (SSSR count). The lowest BCUT2D eigenvalue weighted by Gasteiger charge is -2.08. The number of esters is 1. The van der Waals surface area contributed by atoms with Gasteiger partial charge in [0.2, 0.25) is 5.82 Å². The maximum Gasteiger partial charge on any atom is 0.376 e. The standard InChI is InChI=1S/C14H15N3O3/c1-9-7-12(17-13(16-9)14(19)20-2)15-8-10-3-5-11(18)6-4-10/h3-7,18H,8H2,1-2H3,(H,15,16,17). The molecule has 0 aliphatic heterocycles. The molecule has 0 aliphatic rings. The van der Waals surface area contributed by atoms with E-state index in [9.17, 15) is 9.90 Å². The number of rotatable bonds is 4. The SMILES string of the molecule is COC(=O)c1nc(C)cc(NCc2ccc(O)cc2)n1. The summed E-state index contributed by atoms with van der Waals surface area (Å²) in [6.45, 7) is 2.30. The average molecular weight is 273 g/mol. The van der Waals surface area contributed by atoms with Crippen LogP contribution in [0.5, 0.6) is 5.75 Å². The number of nitrogens with zero attached hydrogens (tertiary/aromatic N) is 2. The van der Waals surface area contributed by atoms with Crippen molar-refractivity contribution in [1.29, 1.82) is 0 Å². The van der Waals surface area contributed by atoms with E-state index in [-0.39, 0.29) is 11.6 Å². The highest BCUT2D eigenvalue weighted by atomic mass is 16.5. The van der Waals surface area contributed by atoms with Crippen LogP contribution in [-0.2, 0) is 11.3 Å². The smallest absolute Gasteiger partial charge is 0.376 e. The minimum absolute atomic E-state index is 0.0284. The lowest BCUT2D eigenvalue weighted by molar-refractivity contribution is 0.0586. The summed E-state index contributed by atoms with van der Waals surface area (Å²) in [4.78, 5) is 19.5. The number of carbonyl (C=O) groups excluding carboxylic acids is 1. The lowest BCUT2D eigenvalue weighted by atomic mass is 10.2. The van der Waals surface area contributed by atoms with Crippen molar-refractivity contribution in [3.63, 3.8) is 0 Å². The van der Waals surface area contributed by atoms with Crippen LogP contribution in [0, 0.1) is 6.92 Å². The van der Waals surface area contributed by atoms with Gasteiger partial charge in [-0.15, -0.1) is 0 Å². The molecule has 20 heavy (non-hydrogen) atoms. The topological polar surface area (TPSA) is 84.3 Å². The summed E-state index contributed by atoms with van der Waals surface area (Å²) in [5.74, 6) is 0.229. The molecular formula is C14H15N3O3. The summed E-state index contributed by atoms with van der Waals surface area (Å²) in [7, 11) is 1.29. The quantitative estimate of drug-likeness (QED) is 0.827. The number of ether oxygens (including phenoxy) is 1. The molecule has 2 N–H and O–H groups in total. The molecule has 2 aromatic rings. The third-order valence-electron chi connectivity index (χ3n) is 2.63. The first-order valence-electron chi connectivity index (χ1n) is 6.04. The predicted molar refractivity (Wildman–Crippen MR) is 73.5 cm³/mol. The second kappa shape index (κ2) is 6.01. The van der Waals surface area contributed by atoms with Gasteiger partial charge < -0.3 is 15.2 Å². The highest BCUT2D eigenvalue weighted by Gasteiger charge is 2.11. The molecule has 0 fully saturated rings. The van der Waals surface area contributed by atoms with Crippen LogP contribution in [0.15, 0.2) is 30.3 Å². The van der Waals surface area contributed by atoms with E-state index in [1.807, 2.05) is 0 Å². The normalized spacial score (nSPS) is 10.1. The molecular weight excluding hydrogens is 258 g/mol. The van der Waals surface area contributed by atoms with Gasteiger partial charge in [0.05, 0.1) is 7.11 Å². The number of anilines is 1. The molecule has 0 spiro atoms. The molecule has 1 aromatic heterocycles. The summed E-state index contributed by atoms with van der Waals surface area (Å²) in [6.07, 6.45) is 0. The Hall–Kier alpha value is -2.63. The maximum atomic E-state index is 11.4. The Morgan fingerprint density at radius 2 is 2.00 bits per heavy atom. The van der Waals surface area contributed by atoms with Gasteiger partial charge in [-0.2, -0.15) is 0 Å². The number of hydrogen-bond donors (Lipinski definition) is 2. The van der Waals surface area contributed by atoms with Crippen LogP contribution in [0.4, 0.5) is 5.82 Å². The van der Waals surface area contributed by atoms with Crippen molar-refractivity contribution in [3.05, 3.63) is 47.4 Å². The number of methoxy groups -OCH3 is 1. The molecule has 0 bridgehead atoms. The first kappa shape index (κ1) is 13.8. The van der Waals surface area contributed by atoms with Crippen LogP contribution in [0.2, 0.25) is 0 Å². The van der Waals surface area contributed by atoms with Crippen LogP contribution >= 0.6 is 0 Å². The fourth-order valence-electron chi connectivity index (χ4n) is 1.65. The highest BCUT2D eigenvalue weighted by molar-refractivity contribution is 5.85. The van der Waals surface area contributed by atoms with Gasteiger partial charge in [-0.25, -0.2) is 14.8 Å². The van der Waals surface area contributed by atoms with Gasteiger partial charge in [-0.1, -0.05) is 12.1 Å². The average Bonchev–Trinajstić information content (AvgIpc) is 2.45. The fourth-order valence-corrected chi connectivity index (χ4v) is 1.65. The monoisotopic (exact) mass is 273 g/mol. The molecule has 6 nitrogen and oxygen atoms in total. The van der Waals surface area contributed by atoms with Crippen molar-refractivity contribution in [3.8, 4) is 5.75 Å². The summed E-state index contributed by atoms with van der Waals surface area (Å²) >= 11 is 0. The van der Waals surface area contributed by atoms with Crippen LogP contribution in [0.3, 0.4) is 0 Å². The summed E-state index contributed by atoms with van der Waals surface area (Å²) in [6, 6.07) is 8.58. The van der Waals surface area contributed by atoms with Gasteiger partial charge >= 0.3 is 5.97 Å². The predicted octanol–water partition coefficient (Wildman–Crippen LogP) is 1.89. The van der Waals surface area contributed by atoms with Crippen LogP contribution in [0.25, 0.3) is 0 Å². The van der Waals surface area contributed by atoms with Gasteiger partial charge in [0, 0.05) is 18.3 Å². The minimum atomic E-state index is -0.568. The van der Waals surface area contributed by atoms with E-state index in [1.165, 1.54) is 7.11 Å². The second-order valence-electron chi connectivity index (χ2n) is 4.23. The number of carbonyl (C=O) groups is 1. The highest BCUT2D eigenvalue weighted by Crippen LogP contribution is 2.12. The summed E-state index contributed by atoms with van der Waals surface area (Å²) in [5.41, 5.74) is 1.66. The van der Waals surface area contributed by atoms with Gasteiger partial charge in [0.15, 0.2) is 0 Å². The minimum Gasteiger partial charge on any atom is -0.508 e. The van der Waals surface area contributed by atoms with E-state index in [0.29, 0.717) is 18.1 Å². The molecule has 1 aromatic carbocycles. The number of aryl methyl sites for hydroxylation is 1. The van der Waals surface area contributed by atoms with Crippen LogP contribution < -0.4 is 5.32 Å². The van der Waals surface area contributed by atoms with Crippen molar-refractivity contribution in [2.75, 3.05) is 12.4 Å². The van der Waals surface area contributed by atoms with E-state index < -0.39 is 5.97 Å². The third-order valence-corrected chi connectivity index (χ3v) is 2.63. The number of phenols is 1. The molecule has 1 heterocycles. The number of phenolic OH excluding ortho intramolecular Hbond substituents is 1. The van der Waals surface area contributed by atoms with Crippen molar-refractivity contribution in [2.45, 2.75) is 13.5 Å². The van der Waals surface area contributed by atoms with Gasteiger partial charge in [-0.3, -0.25) is 0 Å². The van der Waals surface area contributed by atoms with Crippen molar-refractivity contribution in [1.82, 2.24) is 9.97 Å². The molecule has 6 heteroatoms. The first-order chi connectivity index (χ1) is 9.58. The molecule has 104 valence electrons. The van der Waals surface area contributed by atoms with Gasteiger partial charge in [0.1, 0.15) is 11.6 Å². The summed E-state index contributed by atoms with van der Waals surface area (Å²) in [5, 5.41) is 12.3. The van der Waals surface area contributed by atoms with E-state index in [1.54, 1.807) is 37.3 Å². The van der Waals surface area contributed by atoms with Crippen LogP contribution in [-0.4, -0.2) is 28.2 Å². The molecule has 0 radical (unpaired) electrons. The Kier molecular flexibility index (Phi) is 4.14. The number of hydrogen-bond acceptors (Lipinski definition) is 6. The first-order valence-corrected chi connectivity index (χ1v) is 6.04. The Morgan fingerprint density at radius 1 is 1.30 bits per heavy atom. The van der Waals surface area contributed by atoms with Crippen molar-refractivity contribution in [2.24, 2.45) is 0 Å². The molecule has 0 amide bonds. The van der Waals surface area contributed by atoms with Gasteiger partial charge in [-0.05, 0) is 24.6 Å². The zero-order valence-corrected chi connectivity index (χ0v) is 11.3. The van der Waals surface area contributed by atoms with Crippen LogP contribution in [0.1, 0.15) is 21.9 Å². The van der Waals surface area contributed by atoms with E-state index in [4.69, 9.17) is 0 Å². The number of aromatic hydroxyl groups is 1. The maximum absolute atomic E-state index is 11.4. The number of nitrogens with one attached hydrogen (secondary N) is 1. The number of benzene rings is 1. The second-order valence-corrected chi connectivity index (χ2v) is 4.23. The molecule has 0 saturated carbocycles. The lowest BCUT2D eigenvalue weighted by Crippen LogP contribution is -2.11. The fraction of sp³-hybridized carbons (Fsp3) is 0.214.